The van der Waals surface area contributed by atoms with Crippen molar-refractivity contribution in [1.82, 2.24) is 9.13 Å². The van der Waals surface area contributed by atoms with Crippen molar-refractivity contribution in [2.75, 3.05) is 0 Å². The fourth-order valence-electron chi connectivity index (χ4n) is 4.88. The number of aromatic nitrogens is 2. The molecule has 140 valence electrons. The summed E-state index contributed by atoms with van der Waals surface area (Å²) in [5, 5.41) is 18.7. The SMILES string of the molecule is [C-]#[N+]c1cc2c3ccc4c(ccc5c4ccc4c5cc(C#N)n4C)c3ccc2n1C. The summed E-state index contributed by atoms with van der Waals surface area (Å²) in [6, 6.07) is 23.5. The van der Waals surface area contributed by atoms with E-state index in [1.807, 2.05) is 35.4 Å². The van der Waals surface area contributed by atoms with Crippen LogP contribution in [0, 0.1) is 17.9 Å². The summed E-state index contributed by atoms with van der Waals surface area (Å²) in [7, 11) is 3.88. The molecule has 0 bridgehead atoms. The molecule has 0 aliphatic heterocycles. The van der Waals surface area contributed by atoms with Crippen LogP contribution in [-0.2, 0) is 14.1 Å². The van der Waals surface area contributed by atoms with Gasteiger partial charge < -0.3 is 9.41 Å². The molecule has 0 amide bonds. The number of nitrogens with zero attached hydrogens (tertiary/aromatic N) is 4. The van der Waals surface area contributed by atoms with Crippen LogP contribution < -0.4 is 0 Å². The first-order valence-electron chi connectivity index (χ1n) is 9.76. The van der Waals surface area contributed by atoms with Crippen LogP contribution >= 0.6 is 0 Å². The molecule has 0 spiro atoms. The third-order valence-electron chi connectivity index (χ3n) is 6.44. The minimum atomic E-state index is 0.649. The predicted molar refractivity (Wildman–Crippen MR) is 123 cm³/mol. The highest BCUT2D eigenvalue weighted by Gasteiger charge is 2.14. The fraction of sp³-hybridized carbons (Fsp3) is 0.0769. The molecule has 0 N–H and O–H groups in total. The van der Waals surface area contributed by atoms with Crippen LogP contribution in [0.4, 0.5) is 5.82 Å². The number of rotatable bonds is 0. The summed E-state index contributed by atoms with van der Waals surface area (Å²) in [4.78, 5) is 3.65. The van der Waals surface area contributed by atoms with Gasteiger partial charge in [-0.05, 0) is 62.6 Å². The summed E-state index contributed by atoms with van der Waals surface area (Å²) < 4.78 is 3.89. The van der Waals surface area contributed by atoms with Crippen molar-refractivity contribution in [3.05, 3.63) is 77.8 Å². The Balaban J connectivity index is 1.76. The molecule has 0 fully saturated rings. The molecule has 0 aliphatic rings. The van der Waals surface area contributed by atoms with Gasteiger partial charge in [-0.3, -0.25) is 4.57 Å². The molecule has 0 unspecified atom stereocenters. The molecule has 0 saturated heterocycles. The molecule has 2 heterocycles. The first-order chi connectivity index (χ1) is 14.6. The largest absolute Gasteiger partial charge is 0.364 e. The van der Waals surface area contributed by atoms with Crippen molar-refractivity contribution >= 4 is 59.9 Å². The molecule has 2 aromatic heterocycles. The Morgan fingerprint density at radius 3 is 1.60 bits per heavy atom. The van der Waals surface area contributed by atoms with Crippen LogP contribution in [0.15, 0.2) is 60.7 Å². The Kier molecular flexibility index (Phi) is 3.12. The second-order valence-corrected chi connectivity index (χ2v) is 7.79. The molecule has 0 aliphatic carbocycles. The van der Waals surface area contributed by atoms with E-state index in [-0.39, 0.29) is 0 Å². The lowest BCUT2D eigenvalue weighted by molar-refractivity contribution is 0.947. The van der Waals surface area contributed by atoms with E-state index in [1.165, 1.54) is 21.5 Å². The number of aryl methyl sites for hydroxylation is 2. The average Bonchev–Trinajstić information content (AvgIpc) is 3.29. The number of fused-ring (bicyclic) bond motifs is 9. The molecule has 4 aromatic carbocycles. The van der Waals surface area contributed by atoms with E-state index in [1.54, 1.807) is 0 Å². The highest BCUT2D eigenvalue weighted by atomic mass is 15.0. The average molecular weight is 384 g/mol. The topological polar surface area (TPSA) is 38.0 Å². The zero-order chi connectivity index (χ0) is 20.6. The minimum absolute atomic E-state index is 0.649. The van der Waals surface area contributed by atoms with Crippen molar-refractivity contribution in [2.24, 2.45) is 14.1 Å². The van der Waals surface area contributed by atoms with Gasteiger partial charge in [-0.2, -0.15) is 5.26 Å². The number of nitriles is 1. The molecule has 6 rings (SSSR count). The van der Waals surface area contributed by atoms with E-state index >= 15 is 0 Å². The van der Waals surface area contributed by atoms with Crippen molar-refractivity contribution < 1.29 is 0 Å². The van der Waals surface area contributed by atoms with E-state index in [0.717, 1.165) is 32.6 Å². The molecule has 4 nitrogen and oxygen atoms in total. The summed E-state index contributed by atoms with van der Waals surface area (Å²) in [5.41, 5.74) is 2.80. The Morgan fingerprint density at radius 2 is 1.10 bits per heavy atom. The molecule has 4 heteroatoms. The smallest absolute Gasteiger partial charge is 0.231 e. The Morgan fingerprint density at radius 1 is 0.667 bits per heavy atom. The molecule has 6 aromatic rings. The number of hydrogen-bond donors (Lipinski definition) is 0. The molecule has 0 atom stereocenters. The standard InChI is InChI=1S/C26H16N4/c1-28-26-13-23-21-7-5-16-17(19(21)9-11-25(23)30(26)3)4-6-20-18(16)8-10-24-22(20)12-15(14-27)29(24)2/h4-13H,2-3H3. The Bertz CT molecular complexity index is 1650. The Hall–Kier alpha value is -4.28. The minimum Gasteiger partial charge on any atom is -0.364 e. The normalized spacial score (nSPS) is 11.6. The van der Waals surface area contributed by atoms with E-state index in [9.17, 15) is 5.26 Å². The zero-order valence-corrected chi connectivity index (χ0v) is 16.6. The predicted octanol–water partition coefficient (Wildman–Crippen LogP) is 6.55. The van der Waals surface area contributed by atoms with Crippen LogP contribution in [0.2, 0.25) is 0 Å². The van der Waals surface area contributed by atoms with Crippen molar-refractivity contribution in [3.8, 4) is 6.07 Å². The maximum Gasteiger partial charge on any atom is 0.231 e. The monoisotopic (exact) mass is 384 g/mol. The highest BCUT2D eigenvalue weighted by Crippen LogP contribution is 2.38. The molecule has 0 radical (unpaired) electrons. The molecular weight excluding hydrogens is 368 g/mol. The third-order valence-corrected chi connectivity index (χ3v) is 6.44. The lowest BCUT2D eigenvalue weighted by Crippen LogP contribution is -1.90. The van der Waals surface area contributed by atoms with Crippen LogP contribution in [0.5, 0.6) is 0 Å². The van der Waals surface area contributed by atoms with Gasteiger partial charge in [-0.15, -0.1) is 0 Å². The van der Waals surface area contributed by atoms with E-state index in [4.69, 9.17) is 6.57 Å². The number of benzene rings is 4. The van der Waals surface area contributed by atoms with Crippen LogP contribution in [0.3, 0.4) is 0 Å². The van der Waals surface area contributed by atoms with Crippen LogP contribution in [0.25, 0.3) is 59.0 Å². The van der Waals surface area contributed by atoms with Gasteiger partial charge in [0.1, 0.15) is 17.3 Å². The maximum absolute atomic E-state index is 9.42. The van der Waals surface area contributed by atoms with E-state index in [0.29, 0.717) is 11.5 Å². The van der Waals surface area contributed by atoms with Crippen LogP contribution in [-0.4, -0.2) is 9.13 Å². The van der Waals surface area contributed by atoms with Gasteiger partial charge in [0.05, 0.1) is 7.05 Å². The molecule has 0 saturated carbocycles. The van der Waals surface area contributed by atoms with Crippen LogP contribution in [0.1, 0.15) is 5.69 Å². The number of hydrogen-bond acceptors (Lipinski definition) is 1. The van der Waals surface area contributed by atoms with Gasteiger partial charge in [0.25, 0.3) is 0 Å². The lowest BCUT2D eigenvalue weighted by Gasteiger charge is -2.09. The van der Waals surface area contributed by atoms with E-state index in [2.05, 4.69) is 59.4 Å². The fourth-order valence-corrected chi connectivity index (χ4v) is 4.88. The van der Waals surface area contributed by atoms with Gasteiger partial charge in [0, 0.05) is 23.3 Å². The first-order valence-corrected chi connectivity index (χ1v) is 9.76. The van der Waals surface area contributed by atoms with Gasteiger partial charge >= 0.3 is 0 Å². The Labute approximate surface area is 172 Å². The summed E-state index contributed by atoms with van der Waals surface area (Å²) in [6.07, 6.45) is 0. The first kappa shape index (κ1) is 16.7. The third kappa shape index (κ3) is 1.93. The van der Waals surface area contributed by atoms with Crippen molar-refractivity contribution in [1.29, 1.82) is 5.26 Å². The van der Waals surface area contributed by atoms with E-state index < -0.39 is 0 Å². The maximum atomic E-state index is 9.42. The van der Waals surface area contributed by atoms with Crippen molar-refractivity contribution in [3.63, 3.8) is 0 Å². The molecular formula is C26H16N4. The lowest BCUT2D eigenvalue weighted by atomic mass is 9.94. The van der Waals surface area contributed by atoms with Gasteiger partial charge in [0.2, 0.25) is 5.82 Å². The second kappa shape index (κ2) is 5.63. The zero-order valence-electron chi connectivity index (χ0n) is 16.6. The van der Waals surface area contributed by atoms with Crippen molar-refractivity contribution in [2.45, 2.75) is 0 Å². The molecule has 30 heavy (non-hydrogen) atoms. The summed E-state index contributed by atoms with van der Waals surface area (Å²) in [6.45, 7) is 7.43. The summed E-state index contributed by atoms with van der Waals surface area (Å²) in [5.74, 6) is 0.649. The van der Waals surface area contributed by atoms with Gasteiger partial charge in [0.15, 0.2) is 0 Å². The van der Waals surface area contributed by atoms with Gasteiger partial charge in [-0.1, -0.05) is 36.9 Å². The summed E-state index contributed by atoms with van der Waals surface area (Å²) >= 11 is 0. The quantitative estimate of drug-likeness (QED) is 0.216. The van der Waals surface area contributed by atoms with Gasteiger partial charge in [-0.25, -0.2) is 0 Å². The highest BCUT2D eigenvalue weighted by molar-refractivity contribution is 6.25. The second-order valence-electron chi connectivity index (χ2n) is 7.79.